The van der Waals surface area contributed by atoms with E-state index in [-0.39, 0.29) is 22.6 Å². The topological polar surface area (TPSA) is 140 Å². The number of hydrogen-bond donors (Lipinski definition) is 3. The first-order chi connectivity index (χ1) is 22.7. The van der Waals surface area contributed by atoms with Gasteiger partial charge < -0.3 is 26.0 Å². The zero-order valence-corrected chi connectivity index (χ0v) is 27.3. The normalized spacial score (nSPS) is 18.0. The lowest BCUT2D eigenvalue weighted by Crippen LogP contribution is -2.44. The molecule has 0 radical (unpaired) electrons. The minimum atomic E-state index is -0.740. The largest absolute Gasteiger partial charge is 0.497 e. The van der Waals surface area contributed by atoms with E-state index in [0.717, 1.165) is 44.6 Å². The van der Waals surface area contributed by atoms with Gasteiger partial charge in [-0.25, -0.2) is 0 Å². The number of amides is 2. The van der Waals surface area contributed by atoms with Crippen molar-refractivity contribution >= 4 is 17.5 Å². The Bertz CT molecular complexity index is 1660. The number of hydrogen-bond acceptors (Lipinski definition) is 7. The highest BCUT2D eigenvalue weighted by Gasteiger charge is 2.38. The Balaban J connectivity index is 1.25. The lowest BCUT2D eigenvalue weighted by atomic mass is 9.68. The third-order valence-corrected chi connectivity index (χ3v) is 9.56. The number of nitro groups is 1. The van der Waals surface area contributed by atoms with E-state index < -0.39 is 16.7 Å². The van der Waals surface area contributed by atoms with Crippen molar-refractivity contribution in [2.24, 2.45) is 5.73 Å². The van der Waals surface area contributed by atoms with Crippen LogP contribution in [0.25, 0.3) is 0 Å². The molecule has 5 rings (SSSR count). The first-order valence-corrected chi connectivity index (χ1v) is 16.1. The summed E-state index contributed by atoms with van der Waals surface area (Å²) in [4.78, 5) is 39.6. The quantitative estimate of drug-likeness (QED) is 0.139. The third kappa shape index (κ3) is 7.07. The lowest BCUT2D eigenvalue weighted by molar-refractivity contribution is -0.384. The number of carbonyl (C=O) groups is 2. The molecule has 0 bridgehead atoms. The molecule has 0 spiro atoms. The number of primary amides is 1. The van der Waals surface area contributed by atoms with Gasteiger partial charge in [0, 0.05) is 52.6 Å². The van der Waals surface area contributed by atoms with E-state index in [1.807, 2.05) is 19.1 Å². The number of methoxy groups -OCH3 is 1. The fourth-order valence-corrected chi connectivity index (χ4v) is 7.06. The molecule has 2 aliphatic heterocycles. The lowest BCUT2D eigenvalue weighted by Gasteiger charge is -2.43. The van der Waals surface area contributed by atoms with Crippen molar-refractivity contribution in [3.05, 3.63) is 128 Å². The number of rotatable bonds is 12. The molecule has 10 heteroatoms. The molecule has 2 heterocycles. The number of benzene rings is 3. The second kappa shape index (κ2) is 14.6. The molecule has 1 saturated heterocycles. The molecule has 2 amide bonds. The van der Waals surface area contributed by atoms with Crippen molar-refractivity contribution in [2.75, 3.05) is 33.3 Å². The van der Waals surface area contributed by atoms with Crippen molar-refractivity contribution in [3.8, 4) is 5.75 Å². The Morgan fingerprint density at radius 1 is 1.00 bits per heavy atom. The molecule has 1 unspecified atom stereocenters. The predicted molar refractivity (Wildman–Crippen MR) is 182 cm³/mol. The van der Waals surface area contributed by atoms with Crippen LogP contribution in [0.3, 0.4) is 0 Å². The zero-order valence-electron chi connectivity index (χ0n) is 27.3. The van der Waals surface area contributed by atoms with Crippen LogP contribution in [0.15, 0.2) is 101 Å². The Kier molecular flexibility index (Phi) is 10.4. The van der Waals surface area contributed by atoms with E-state index in [1.165, 1.54) is 23.3 Å². The molecular formula is C37H43N5O5. The van der Waals surface area contributed by atoms with Crippen molar-refractivity contribution in [1.29, 1.82) is 0 Å². The Morgan fingerprint density at radius 2 is 1.64 bits per heavy atom. The van der Waals surface area contributed by atoms with Crippen LogP contribution in [0.4, 0.5) is 5.69 Å². The number of ether oxygens (including phenoxy) is 1. The summed E-state index contributed by atoms with van der Waals surface area (Å²) in [5, 5.41) is 17.6. The fraction of sp³-hybridized carbons (Fsp3) is 0.351. The van der Waals surface area contributed by atoms with Gasteiger partial charge in [0.05, 0.1) is 12.0 Å². The molecule has 0 aliphatic carbocycles. The molecule has 1 fully saturated rings. The first kappa shape index (κ1) is 33.4. The second-order valence-corrected chi connectivity index (χ2v) is 12.2. The molecule has 2 aliphatic rings. The maximum Gasteiger partial charge on any atom is 0.269 e. The Morgan fingerprint density at radius 3 is 2.21 bits per heavy atom. The van der Waals surface area contributed by atoms with E-state index in [9.17, 15) is 19.7 Å². The van der Waals surface area contributed by atoms with Gasteiger partial charge in [-0.05, 0) is 81.1 Å². The van der Waals surface area contributed by atoms with Gasteiger partial charge in [0.2, 0.25) is 11.8 Å². The van der Waals surface area contributed by atoms with Crippen LogP contribution in [0, 0.1) is 10.1 Å². The van der Waals surface area contributed by atoms with Gasteiger partial charge in [0.15, 0.2) is 0 Å². The van der Waals surface area contributed by atoms with Gasteiger partial charge in [0.25, 0.3) is 5.69 Å². The summed E-state index contributed by atoms with van der Waals surface area (Å²) >= 11 is 0. The highest BCUT2D eigenvalue weighted by Crippen LogP contribution is 2.42. The summed E-state index contributed by atoms with van der Waals surface area (Å²) in [6.07, 6.45) is 3.24. The van der Waals surface area contributed by atoms with Gasteiger partial charge in [-0.3, -0.25) is 19.7 Å². The highest BCUT2D eigenvalue weighted by molar-refractivity contribution is 6.03. The van der Waals surface area contributed by atoms with E-state index >= 15 is 0 Å². The Hall–Kier alpha value is -4.96. The summed E-state index contributed by atoms with van der Waals surface area (Å²) in [6, 6.07) is 25.1. The smallest absolute Gasteiger partial charge is 0.269 e. The van der Waals surface area contributed by atoms with Crippen molar-refractivity contribution in [1.82, 2.24) is 15.5 Å². The number of nitro benzene ring substituents is 1. The van der Waals surface area contributed by atoms with E-state index in [2.05, 4.69) is 58.0 Å². The molecular weight excluding hydrogens is 594 g/mol. The standard InChI is InChI=1S/C37H43N5O5/c1-4-31-34(33(32(35(38)43)25(2)40-31)26-11-15-29(16-12-26)42(45)46)36(44)39-21-8-22-41-23-19-37(20-24-41,27-9-6-5-7-10-27)28-13-17-30(47-3)18-14-28/h5-7,9-18,33,40H,4,8,19-24H2,1-3H3,(H2,38,43)(H,39,44). The molecule has 0 saturated carbocycles. The van der Waals surface area contributed by atoms with Crippen molar-refractivity contribution in [3.63, 3.8) is 0 Å². The molecule has 10 nitrogen and oxygen atoms in total. The number of carbonyl (C=O) groups excluding carboxylic acids is 2. The van der Waals surface area contributed by atoms with Crippen LogP contribution in [-0.2, 0) is 15.0 Å². The third-order valence-electron chi connectivity index (χ3n) is 9.56. The molecule has 246 valence electrons. The second-order valence-electron chi connectivity index (χ2n) is 12.2. The first-order valence-electron chi connectivity index (χ1n) is 16.1. The summed E-state index contributed by atoms with van der Waals surface area (Å²) in [6.45, 7) is 6.84. The summed E-state index contributed by atoms with van der Waals surface area (Å²) in [5.74, 6) is -0.829. The summed E-state index contributed by atoms with van der Waals surface area (Å²) in [5.41, 5.74) is 10.8. The minimum Gasteiger partial charge on any atom is -0.497 e. The van der Waals surface area contributed by atoms with Gasteiger partial charge >= 0.3 is 0 Å². The van der Waals surface area contributed by atoms with Crippen molar-refractivity contribution < 1.29 is 19.2 Å². The number of allylic oxidation sites excluding steroid dienone is 2. The van der Waals surface area contributed by atoms with E-state index in [4.69, 9.17) is 10.5 Å². The summed E-state index contributed by atoms with van der Waals surface area (Å²) in [7, 11) is 1.68. The zero-order chi connectivity index (χ0) is 33.6. The molecule has 4 N–H and O–H groups in total. The van der Waals surface area contributed by atoms with Gasteiger partial charge in [0.1, 0.15) is 5.75 Å². The molecule has 3 aromatic carbocycles. The number of nitrogens with one attached hydrogen (secondary N) is 2. The van der Waals surface area contributed by atoms with Gasteiger partial charge in [-0.15, -0.1) is 0 Å². The maximum atomic E-state index is 13.8. The number of non-ortho nitro benzene ring substituents is 1. The number of likely N-dealkylation sites (tertiary alicyclic amines) is 1. The SMILES string of the molecule is CCC1=C(C(=O)NCCCN2CCC(c3ccccc3)(c3ccc(OC)cc3)CC2)C(c2ccc([N+](=O)[O-])cc2)C(C(N)=O)=C(C)N1. The van der Waals surface area contributed by atoms with Crippen LogP contribution in [0.2, 0.25) is 0 Å². The van der Waals surface area contributed by atoms with Crippen LogP contribution in [0.5, 0.6) is 5.75 Å². The van der Waals surface area contributed by atoms with Gasteiger partial charge in [-0.1, -0.05) is 61.5 Å². The van der Waals surface area contributed by atoms with Crippen LogP contribution < -0.4 is 21.1 Å². The molecule has 1 atom stereocenters. The van der Waals surface area contributed by atoms with E-state index in [1.54, 1.807) is 26.2 Å². The number of dihydropyridines is 1. The predicted octanol–water partition coefficient (Wildman–Crippen LogP) is 5.30. The molecule has 47 heavy (non-hydrogen) atoms. The number of nitrogens with two attached hydrogens (primary N) is 1. The van der Waals surface area contributed by atoms with Crippen molar-refractivity contribution in [2.45, 2.75) is 50.9 Å². The number of piperidine rings is 1. The fourth-order valence-electron chi connectivity index (χ4n) is 7.06. The molecule has 0 aromatic heterocycles. The Labute approximate surface area is 275 Å². The monoisotopic (exact) mass is 637 g/mol. The van der Waals surface area contributed by atoms with Crippen LogP contribution in [-0.4, -0.2) is 54.9 Å². The number of nitrogens with zero attached hydrogens (tertiary/aromatic N) is 2. The maximum absolute atomic E-state index is 13.8. The molecule has 3 aromatic rings. The average molecular weight is 638 g/mol. The van der Waals surface area contributed by atoms with Crippen LogP contribution in [0.1, 0.15) is 62.1 Å². The minimum absolute atomic E-state index is 0.0718. The van der Waals surface area contributed by atoms with Gasteiger partial charge in [-0.2, -0.15) is 0 Å². The van der Waals surface area contributed by atoms with Crippen LogP contribution >= 0.6 is 0 Å². The average Bonchev–Trinajstić information content (AvgIpc) is 3.10. The van der Waals surface area contributed by atoms with E-state index in [0.29, 0.717) is 35.5 Å². The summed E-state index contributed by atoms with van der Waals surface area (Å²) < 4.78 is 5.41. The highest BCUT2D eigenvalue weighted by atomic mass is 16.6.